The highest BCUT2D eigenvalue weighted by molar-refractivity contribution is 6.04. The standard InChI is InChI=1S/C12H10FN5O3/c13-10-9(5-6-15-11(10)17-14)12(19)16-7-1-3-8(4-2-7)18(20)21/h1-6H,14H2,(H,15,17)(H,16,19). The molecule has 1 heterocycles. The number of nitro groups is 1. The van der Waals surface area contributed by atoms with Crippen LogP contribution in [0.4, 0.5) is 21.6 Å². The van der Waals surface area contributed by atoms with E-state index < -0.39 is 16.6 Å². The highest BCUT2D eigenvalue weighted by atomic mass is 19.1. The van der Waals surface area contributed by atoms with Crippen molar-refractivity contribution >= 4 is 23.1 Å². The molecule has 108 valence electrons. The predicted molar refractivity (Wildman–Crippen MR) is 73.1 cm³/mol. The lowest BCUT2D eigenvalue weighted by Gasteiger charge is -2.08. The first-order valence-corrected chi connectivity index (χ1v) is 5.70. The van der Waals surface area contributed by atoms with Crippen LogP contribution in [0.3, 0.4) is 0 Å². The smallest absolute Gasteiger partial charge is 0.269 e. The van der Waals surface area contributed by atoms with Gasteiger partial charge in [-0.05, 0) is 18.2 Å². The van der Waals surface area contributed by atoms with Crippen molar-refractivity contribution in [1.82, 2.24) is 4.98 Å². The minimum absolute atomic E-state index is 0.113. The number of nitrogens with zero attached hydrogens (tertiary/aromatic N) is 2. The molecule has 1 amide bonds. The lowest BCUT2D eigenvalue weighted by molar-refractivity contribution is -0.384. The number of nitrogen functional groups attached to an aromatic ring is 1. The SMILES string of the molecule is NNc1nccc(C(=O)Nc2ccc([N+](=O)[O-])cc2)c1F. The van der Waals surface area contributed by atoms with E-state index in [2.05, 4.69) is 10.3 Å². The molecule has 0 radical (unpaired) electrons. The summed E-state index contributed by atoms with van der Waals surface area (Å²) < 4.78 is 13.8. The third-order valence-corrected chi connectivity index (χ3v) is 2.61. The normalized spacial score (nSPS) is 10.0. The summed E-state index contributed by atoms with van der Waals surface area (Å²) in [5, 5.41) is 12.9. The van der Waals surface area contributed by atoms with Gasteiger partial charge in [0.1, 0.15) is 0 Å². The van der Waals surface area contributed by atoms with Crippen molar-refractivity contribution in [3.8, 4) is 0 Å². The van der Waals surface area contributed by atoms with Crippen LogP contribution in [-0.4, -0.2) is 15.8 Å². The van der Waals surface area contributed by atoms with E-state index in [1.165, 1.54) is 36.5 Å². The number of carbonyl (C=O) groups is 1. The van der Waals surface area contributed by atoms with Crippen LogP contribution in [-0.2, 0) is 0 Å². The number of rotatable bonds is 4. The van der Waals surface area contributed by atoms with Crippen molar-refractivity contribution in [1.29, 1.82) is 0 Å². The van der Waals surface area contributed by atoms with Crippen LogP contribution in [0.1, 0.15) is 10.4 Å². The maximum atomic E-state index is 13.8. The van der Waals surface area contributed by atoms with E-state index in [0.29, 0.717) is 5.69 Å². The molecular formula is C12H10FN5O3. The molecule has 0 fully saturated rings. The lowest BCUT2D eigenvalue weighted by Crippen LogP contribution is -2.17. The number of hydrazine groups is 1. The molecule has 0 saturated heterocycles. The Morgan fingerprint density at radius 2 is 1.95 bits per heavy atom. The number of nitrogens with two attached hydrogens (primary N) is 1. The van der Waals surface area contributed by atoms with Crippen LogP contribution in [0.5, 0.6) is 0 Å². The van der Waals surface area contributed by atoms with Gasteiger partial charge in [-0.1, -0.05) is 0 Å². The quantitative estimate of drug-likeness (QED) is 0.447. The number of hydrogen-bond donors (Lipinski definition) is 3. The summed E-state index contributed by atoms with van der Waals surface area (Å²) in [6.45, 7) is 0. The van der Waals surface area contributed by atoms with Gasteiger partial charge in [0.25, 0.3) is 11.6 Å². The van der Waals surface area contributed by atoms with E-state index in [1.807, 2.05) is 5.43 Å². The summed E-state index contributed by atoms with van der Waals surface area (Å²) in [5.74, 6) is 3.20. The Bertz CT molecular complexity index is 690. The molecule has 8 nitrogen and oxygen atoms in total. The molecule has 0 aliphatic carbocycles. The van der Waals surface area contributed by atoms with Gasteiger partial charge in [0.2, 0.25) is 0 Å². The molecule has 21 heavy (non-hydrogen) atoms. The third kappa shape index (κ3) is 3.09. The molecule has 0 saturated carbocycles. The second-order valence-corrected chi connectivity index (χ2v) is 3.92. The van der Waals surface area contributed by atoms with E-state index in [1.54, 1.807) is 0 Å². The van der Waals surface area contributed by atoms with Crippen LogP contribution in [0.15, 0.2) is 36.5 Å². The Morgan fingerprint density at radius 3 is 2.52 bits per heavy atom. The minimum atomic E-state index is -0.889. The first kappa shape index (κ1) is 14.3. The summed E-state index contributed by atoms with van der Waals surface area (Å²) in [4.78, 5) is 25.5. The van der Waals surface area contributed by atoms with Gasteiger partial charge in [-0.3, -0.25) is 14.9 Å². The van der Waals surface area contributed by atoms with E-state index in [4.69, 9.17) is 5.84 Å². The highest BCUT2D eigenvalue weighted by Crippen LogP contribution is 2.18. The largest absolute Gasteiger partial charge is 0.322 e. The Labute approximate surface area is 117 Å². The molecule has 9 heteroatoms. The Balaban J connectivity index is 2.20. The predicted octanol–water partition coefficient (Wildman–Crippen LogP) is 1.67. The number of aromatic nitrogens is 1. The third-order valence-electron chi connectivity index (χ3n) is 2.61. The maximum Gasteiger partial charge on any atom is 0.269 e. The minimum Gasteiger partial charge on any atom is -0.322 e. The second kappa shape index (κ2) is 5.92. The van der Waals surface area contributed by atoms with Crippen LogP contribution >= 0.6 is 0 Å². The molecule has 0 aliphatic rings. The van der Waals surface area contributed by atoms with Crippen molar-refractivity contribution in [2.45, 2.75) is 0 Å². The zero-order valence-electron chi connectivity index (χ0n) is 10.5. The molecule has 0 unspecified atom stereocenters. The fourth-order valence-electron chi connectivity index (χ4n) is 1.58. The van der Waals surface area contributed by atoms with Gasteiger partial charge < -0.3 is 10.7 Å². The zero-order valence-corrected chi connectivity index (χ0v) is 10.5. The number of pyridine rings is 1. The summed E-state index contributed by atoms with van der Waals surface area (Å²) in [7, 11) is 0. The summed E-state index contributed by atoms with van der Waals surface area (Å²) in [5.41, 5.74) is 1.96. The monoisotopic (exact) mass is 291 g/mol. The van der Waals surface area contributed by atoms with Gasteiger partial charge in [0.15, 0.2) is 11.6 Å². The zero-order chi connectivity index (χ0) is 15.4. The van der Waals surface area contributed by atoms with Crippen molar-refractivity contribution < 1.29 is 14.1 Å². The van der Waals surface area contributed by atoms with Crippen LogP contribution in [0.25, 0.3) is 0 Å². The second-order valence-electron chi connectivity index (χ2n) is 3.92. The highest BCUT2D eigenvalue weighted by Gasteiger charge is 2.16. The summed E-state index contributed by atoms with van der Waals surface area (Å²) >= 11 is 0. The fraction of sp³-hybridized carbons (Fsp3) is 0. The molecule has 0 aliphatic heterocycles. The van der Waals surface area contributed by atoms with E-state index >= 15 is 0 Å². The van der Waals surface area contributed by atoms with Gasteiger partial charge in [-0.2, -0.15) is 0 Å². The molecule has 2 aromatic rings. The fourth-order valence-corrected chi connectivity index (χ4v) is 1.58. The molecule has 0 bridgehead atoms. The number of benzene rings is 1. The lowest BCUT2D eigenvalue weighted by atomic mass is 10.2. The molecule has 4 N–H and O–H groups in total. The number of halogens is 1. The average molecular weight is 291 g/mol. The first-order chi connectivity index (χ1) is 10.0. The first-order valence-electron chi connectivity index (χ1n) is 5.70. The number of nitrogens with one attached hydrogen (secondary N) is 2. The molecule has 2 rings (SSSR count). The van der Waals surface area contributed by atoms with Crippen molar-refractivity contribution in [2.24, 2.45) is 5.84 Å². The number of hydrogen-bond acceptors (Lipinski definition) is 6. The van der Waals surface area contributed by atoms with Gasteiger partial charge in [-0.15, -0.1) is 0 Å². The Hall–Kier alpha value is -3.07. The molecular weight excluding hydrogens is 281 g/mol. The van der Waals surface area contributed by atoms with Crippen molar-refractivity contribution in [2.75, 3.05) is 10.7 Å². The van der Waals surface area contributed by atoms with Crippen molar-refractivity contribution in [3.05, 3.63) is 58.0 Å². The van der Waals surface area contributed by atoms with E-state index in [9.17, 15) is 19.3 Å². The number of nitro benzene ring substituents is 1. The van der Waals surface area contributed by atoms with Gasteiger partial charge >= 0.3 is 0 Å². The van der Waals surface area contributed by atoms with E-state index in [-0.39, 0.29) is 17.1 Å². The molecule has 0 atom stereocenters. The Kier molecular flexibility index (Phi) is 4.05. The van der Waals surface area contributed by atoms with Gasteiger partial charge in [-0.25, -0.2) is 15.2 Å². The number of amides is 1. The van der Waals surface area contributed by atoms with Crippen LogP contribution in [0.2, 0.25) is 0 Å². The molecule has 1 aromatic heterocycles. The number of non-ortho nitro benzene ring substituents is 1. The summed E-state index contributed by atoms with van der Waals surface area (Å²) in [6.07, 6.45) is 1.23. The van der Waals surface area contributed by atoms with Crippen LogP contribution < -0.4 is 16.6 Å². The van der Waals surface area contributed by atoms with Gasteiger partial charge in [0, 0.05) is 24.0 Å². The number of carbonyl (C=O) groups excluding carboxylic acids is 1. The van der Waals surface area contributed by atoms with E-state index in [0.717, 1.165) is 0 Å². The molecule has 0 spiro atoms. The maximum absolute atomic E-state index is 13.8. The number of anilines is 2. The topological polar surface area (TPSA) is 123 Å². The average Bonchev–Trinajstić information content (AvgIpc) is 2.48. The summed E-state index contributed by atoms with van der Waals surface area (Å²) in [6, 6.07) is 6.34. The van der Waals surface area contributed by atoms with Crippen molar-refractivity contribution in [3.63, 3.8) is 0 Å². The van der Waals surface area contributed by atoms with Crippen LogP contribution in [0, 0.1) is 15.9 Å². The van der Waals surface area contributed by atoms with Gasteiger partial charge in [0.05, 0.1) is 10.5 Å². The Morgan fingerprint density at radius 1 is 1.29 bits per heavy atom. The molecule has 1 aromatic carbocycles.